The second kappa shape index (κ2) is 6.69. The fraction of sp³-hybridized carbons (Fsp3) is 0.333. The zero-order valence-corrected chi connectivity index (χ0v) is 15.4. The molecule has 2 aromatic heterocycles. The molecule has 0 saturated carbocycles. The number of aromatic amines is 1. The fourth-order valence-electron chi connectivity index (χ4n) is 3.52. The average molecular weight is 371 g/mol. The Morgan fingerprint density at radius 1 is 1.12 bits per heavy atom. The van der Waals surface area contributed by atoms with Crippen molar-refractivity contribution < 1.29 is 8.42 Å². The minimum Gasteiger partial charge on any atom is -0.356 e. The Hall–Kier alpha value is -2.45. The molecular formula is C18H21N5O2S. The van der Waals surface area contributed by atoms with Crippen LogP contribution in [0.3, 0.4) is 0 Å². The number of hydrogen-bond acceptors (Lipinski definition) is 5. The quantitative estimate of drug-likeness (QED) is 0.761. The first-order chi connectivity index (χ1) is 12.6. The van der Waals surface area contributed by atoms with E-state index in [0.29, 0.717) is 18.0 Å². The molecule has 1 aliphatic heterocycles. The van der Waals surface area contributed by atoms with Crippen molar-refractivity contribution in [2.75, 3.05) is 25.0 Å². The van der Waals surface area contributed by atoms with Gasteiger partial charge in [0.15, 0.2) is 0 Å². The number of H-pyrrole nitrogens is 1. The van der Waals surface area contributed by atoms with Crippen molar-refractivity contribution in [3.05, 3.63) is 48.9 Å². The number of piperidine rings is 1. The second-order valence-electron chi connectivity index (χ2n) is 6.50. The maximum atomic E-state index is 12.8. The molecule has 1 aliphatic rings. The number of aromatic nitrogens is 3. The number of rotatable bonds is 4. The molecule has 26 heavy (non-hydrogen) atoms. The van der Waals surface area contributed by atoms with E-state index in [0.717, 1.165) is 29.7 Å². The first-order valence-electron chi connectivity index (χ1n) is 8.63. The molecule has 0 spiro atoms. The minimum absolute atomic E-state index is 0.241. The van der Waals surface area contributed by atoms with E-state index in [1.807, 2.05) is 25.4 Å². The predicted octanol–water partition coefficient (Wildman–Crippen LogP) is 2.25. The Labute approximate surface area is 152 Å². The van der Waals surface area contributed by atoms with Gasteiger partial charge in [0, 0.05) is 32.4 Å². The van der Waals surface area contributed by atoms with E-state index < -0.39 is 10.0 Å². The minimum atomic E-state index is -3.42. The van der Waals surface area contributed by atoms with E-state index >= 15 is 0 Å². The van der Waals surface area contributed by atoms with Gasteiger partial charge in [-0.2, -0.15) is 4.31 Å². The molecule has 4 rings (SSSR count). The number of sulfonamides is 1. The van der Waals surface area contributed by atoms with Crippen molar-refractivity contribution in [2.24, 2.45) is 0 Å². The zero-order chi connectivity index (χ0) is 18.1. The first kappa shape index (κ1) is 17.0. The maximum absolute atomic E-state index is 12.8. The average Bonchev–Trinajstić information content (AvgIpc) is 3.17. The summed E-state index contributed by atoms with van der Waals surface area (Å²) in [5, 5.41) is 0.981. The smallest absolute Gasteiger partial charge is 0.243 e. The largest absolute Gasteiger partial charge is 0.356 e. The third kappa shape index (κ3) is 2.95. The number of anilines is 1. The summed E-state index contributed by atoms with van der Waals surface area (Å²) >= 11 is 0. The van der Waals surface area contributed by atoms with Crippen LogP contribution >= 0.6 is 0 Å². The highest BCUT2D eigenvalue weighted by Crippen LogP contribution is 2.28. The topological polar surface area (TPSA) is 82.2 Å². The van der Waals surface area contributed by atoms with Gasteiger partial charge in [-0.3, -0.25) is 0 Å². The van der Waals surface area contributed by atoms with Gasteiger partial charge >= 0.3 is 0 Å². The number of fused-ring (bicyclic) bond motifs is 1. The van der Waals surface area contributed by atoms with Crippen LogP contribution in [0.2, 0.25) is 0 Å². The van der Waals surface area contributed by atoms with Gasteiger partial charge in [-0.1, -0.05) is 18.2 Å². The van der Waals surface area contributed by atoms with E-state index in [1.165, 1.54) is 0 Å². The normalized spacial score (nSPS) is 16.8. The van der Waals surface area contributed by atoms with Crippen LogP contribution in [0.25, 0.3) is 11.0 Å². The summed E-state index contributed by atoms with van der Waals surface area (Å²) in [7, 11) is -1.40. The number of nitrogens with zero attached hydrogens (tertiary/aromatic N) is 4. The summed E-state index contributed by atoms with van der Waals surface area (Å²) in [4.78, 5) is 14.3. The van der Waals surface area contributed by atoms with E-state index in [9.17, 15) is 8.42 Å². The van der Waals surface area contributed by atoms with Crippen LogP contribution in [0.4, 0.5) is 5.82 Å². The van der Waals surface area contributed by atoms with Gasteiger partial charge in [0.2, 0.25) is 10.0 Å². The molecule has 0 unspecified atom stereocenters. The molecule has 1 N–H and O–H groups in total. The van der Waals surface area contributed by atoms with Crippen LogP contribution in [-0.4, -0.2) is 53.9 Å². The van der Waals surface area contributed by atoms with Crippen molar-refractivity contribution in [1.82, 2.24) is 19.3 Å². The van der Waals surface area contributed by atoms with Crippen LogP contribution in [-0.2, 0) is 10.0 Å². The van der Waals surface area contributed by atoms with Gasteiger partial charge in [0.05, 0.1) is 10.3 Å². The molecule has 136 valence electrons. The van der Waals surface area contributed by atoms with Crippen LogP contribution in [0, 0.1) is 0 Å². The zero-order valence-electron chi connectivity index (χ0n) is 14.5. The second-order valence-corrected chi connectivity index (χ2v) is 8.43. The third-order valence-electron chi connectivity index (χ3n) is 5.02. The Morgan fingerprint density at radius 2 is 1.85 bits per heavy atom. The lowest BCUT2D eigenvalue weighted by Gasteiger charge is -2.36. The van der Waals surface area contributed by atoms with Gasteiger partial charge in [0.1, 0.15) is 17.8 Å². The molecule has 0 bridgehead atoms. The highest BCUT2D eigenvalue weighted by Gasteiger charge is 2.31. The lowest BCUT2D eigenvalue weighted by atomic mass is 10.1. The van der Waals surface area contributed by atoms with Crippen LogP contribution in [0.5, 0.6) is 0 Å². The van der Waals surface area contributed by atoms with Crippen LogP contribution in [0.1, 0.15) is 12.8 Å². The molecule has 1 aromatic carbocycles. The van der Waals surface area contributed by atoms with Crippen molar-refractivity contribution >= 4 is 26.9 Å². The monoisotopic (exact) mass is 371 g/mol. The summed E-state index contributed by atoms with van der Waals surface area (Å²) in [5.41, 5.74) is 0.811. The molecule has 3 aromatic rings. The lowest BCUT2D eigenvalue weighted by molar-refractivity contribution is 0.314. The third-order valence-corrected chi connectivity index (χ3v) is 6.93. The summed E-state index contributed by atoms with van der Waals surface area (Å²) in [5.74, 6) is 0.876. The molecule has 3 heterocycles. The number of hydrogen-bond donors (Lipinski definition) is 1. The maximum Gasteiger partial charge on any atom is 0.243 e. The van der Waals surface area contributed by atoms with Crippen molar-refractivity contribution in [3.8, 4) is 0 Å². The summed E-state index contributed by atoms with van der Waals surface area (Å²) in [6.45, 7) is 1.02. The highest BCUT2D eigenvalue weighted by molar-refractivity contribution is 7.89. The Morgan fingerprint density at radius 3 is 2.58 bits per heavy atom. The highest BCUT2D eigenvalue weighted by atomic mass is 32.2. The van der Waals surface area contributed by atoms with Crippen molar-refractivity contribution in [2.45, 2.75) is 23.8 Å². The van der Waals surface area contributed by atoms with Crippen LogP contribution < -0.4 is 4.90 Å². The summed E-state index contributed by atoms with van der Waals surface area (Å²) in [6, 6.07) is 10.8. The SMILES string of the molecule is CN(c1ncnc2[nH]ccc12)C1CCN(S(=O)(=O)c2ccccc2)CC1. The molecule has 1 fully saturated rings. The van der Waals surface area contributed by atoms with E-state index in [1.54, 1.807) is 34.9 Å². The first-order valence-corrected chi connectivity index (χ1v) is 10.1. The Bertz CT molecular complexity index is 995. The van der Waals surface area contributed by atoms with Gasteiger partial charge in [-0.15, -0.1) is 0 Å². The summed E-state index contributed by atoms with van der Waals surface area (Å²) in [6.07, 6.45) is 4.93. The van der Waals surface area contributed by atoms with Gasteiger partial charge in [-0.05, 0) is 31.0 Å². The van der Waals surface area contributed by atoms with Crippen molar-refractivity contribution in [1.29, 1.82) is 0 Å². The summed E-state index contributed by atoms with van der Waals surface area (Å²) < 4.78 is 27.1. The lowest BCUT2D eigenvalue weighted by Crippen LogP contribution is -2.45. The molecule has 0 amide bonds. The molecule has 0 aliphatic carbocycles. The standard InChI is InChI=1S/C18H21N5O2S/c1-22(18-16-7-10-19-17(16)20-13-21-18)14-8-11-23(12-9-14)26(24,25)15-5-3-2-4-6-15/h2-7,10,13-14H,8-9,11-12H2,1H3,(H,19,20,21). The van der Waals surface area contributed by atoms with E-state index in [4.69, 9.17) is 0 Å². The molecule has 7 nitrogen and oxygen atoms in total. The molecule has 1 saturated heterocycles. The van der Waals surface area contributed by atoms with E-state index in [2.05, 4.69) is 19.9 Å². The van der Waals surface area contributed by atoms with Gasteiger partial charge in [-0.25, -0.2) is 18.4 Å². The fourth-order valence-corrected chi connectivity index (χ4v) is 5.01. The Kier molecular flexibility index (Phi) is 4.37. The molecular weight excluding hydrogens is 350 g/mol. The van der Waals surface area contributed by atoms with Crippen LogP contribution in [0.15, 0.2) is 53.8 Å². The van der Waals surface area contributed by atoms with Gasteiger partial charge in [0.25, 0.3) is 0 Å². The molecule has 8 heteroatoms. The number of benzene rings is 1. The van der Waals surface area contributed by atoms with Crippen molar-refractivity contribution in [3.63, 3.8) is 0 Å². The predicted molar refractivity (Wildman–Crippen MR) is 101 cm³/mol. The van der Waals surface area contributed by atoms with E-state index in [-0.39, 0.29) is 6.04 Å². The van der Waals surface area contributed by atoms with Gasteiger partial charge < -0.3 is 9.88 Å². The molecule has 0 atom stereocenters. The Balaban J connectivity index is 1.49. The number of nitrogens with one attached hydrogen (secondary N) is 1. The molecule has 0 radical (unpaired) electrons.